The number of carbonyl (C=O) groups is 2. The molecule has 3 rings (SSSR count). The Morgan fingerprint density at radius 1 is 0.879 bits per heavy atom. The first-order valence-electron chi connectivity index (χ1n) is 10.1. The van der Waals surface area contributed by atoms with Crippen LogP contribution in [0.3, 0.4) is 0 Å². The van der Waals surface area contributed by atoms with Gasteiger partial charge in [-0.15, -0.1) is 0 Å². The van der Waals surface area contributed by atoms with E-state index in [2.05, 4.69) is 0 Å². The van der Waals surface area contributed by atoms with E-state index >= 15 is 0 Å². The van der Waals surface area contributed by atoms with Crippen LogP contribution in [0.25, 0.3) is 16.8 Å². The molecule has 0 unspecified atom stereocenters. The lowest BCUT2D eigenvalue weighted by molar-refractivity contribution is -0.139. The lowest BCUT2D eigenvalue weighted by atomic mass is 10.0. The summed E-state index contributed by atoms with van der Waals surface area (Å²) in [6.45, 7) is -1.20. The smallest absolute Gasteiger partial charge is 0.341 e. The number of aliphatic carboxylic acids is 2. The van der Waals surface area contributed by atoms with Gasteiger partial charge in [0.2, 0.25) is 10.0 Å². The SMILES string of the molecule is O=C(O)COc1cccc2c(CCN(CC(=O)O)S(=O)(=O)/C=C/c3ccccc3)cccc12. The Labute approximate surface area is 191 Å². The summed E-state index contributed by atoms with van der Waals surface area (Å²) < 4.78 is 31.9. The van der Waals surface area contributed by atoms with Crippen LogP contribution in [-0.2, 0) is 26.0 Å². The van der Waals surface area contributed by atoms with E-state index in [0.717, 1.165) is 20.7 Å². The summed E-state index contributed by atoms with van der Waals surface area (Å²) >= 11 is 0. The number of hydrogen-bond donors (Lipinski definition) is 2. The number of fused-ring (bicyclic) bond motifs is 1. The summed E-state index contributed by atoms with van der Waals surface area (Å²) in [5, 5.41) is 20.6. The molecule has 0 aromatic heterocycles. The van der Waals surface area contributed by atoms with Crippen LogP contribution in [-0.4, -0.2) is 54.6 Å². The second kappa shape index (κ2) is 10.8. The van der Waals surface area contributed by atoms with Crippen LogP contribution in [0.5, 0.6) is 5.75 Å². The van der Waals surface area contributed by atoms with Crippen molar-refractivity contribution in [2.75, 3.05) is 19.7 Å². The Morgan fingerprint density at radius 2 is 1.58 bits per heavy atom. The Balaban J connectivity index is 1.83. The molecule has 172 valence electrons. The zero-order valence-corrected chi connectivity index (χ0v) is 18.4. The van der Waals surface area contributed by atoms with Gasteiger partial charge in [0.15, 0.2) is 6.61 Å². The molecule has 0 saturated carbocycles. The minimum atomic E-state index is -3.98. The number of ether oxygens (including phenoxy) is 1. The second-order valence-electron chi connectivity index (χ2n) is 7.19. The van der Waals surface area contributed by atoms with E-state index in [4.69, 9.17) is 9.84 Å². The van der Waals surface area contributed by atoms with Crippen LogP contribution in [0.4, 0.5) is 0 Å². The van der Waals surface area contributed by atoms with Gasteiger partial charge in [0.25, 0.3) is 0 Å². The molecule has 9 heteroatoms. The predicted molar refractivity (Wildman–Crippen MR) is 124 cm³/mol. The topological polar surface area (TPSA) is 121 Å². The van der Waals surface area contributed by atoms with Gasteiger partial charge >= 0.3 is 11.9 Å². The van der Waals surface area contributed by atoms with Crippen LogP contribution in [0, 0.1) is 0 Å². The van der Waals surface area contributed by atoms with E-state index in [-0.39, 0.29) is 13.0 Å². The highest BCUT2D eigenvalue weighted by atomic mass is 32.2. The molecular weight excluding hydrogens is 446 g/mol. The van der Waals surface area contributed by atoms with Gasteiger partial charge in [0.05, 0.1) is 0 Å². The van der Waals surface area contributed by atoms with Crippen molar-refractivity contribution in [3.63, 3.8) is 0 Å². The van der Waals surface area contributed by atoms with E-state index < -0.39 is 35.1 Å². The fraction of sp³-hybridized carbons (Fsp3) is 0.167. The molecule has 0 fully saturated rings. The third-order valence-corrected chi connectivity index (χ3v) is 6.37. The number of hydrogen-bond acceptors (Lipinski definition) is 5. The van der Waals surface area contributed by atoms with Gasteiger partial charge in [-0.2, -0.15) is 4.31 Å². The normalized spacial score (nSPS) is 11.8. The molecule has 3 aromatic carbocycles. The van der Waals surface area contributed by atoms with Crippen molar-refractivity contribution in [1.82, 2.24) is 4.31 Å². The zero-order chi connectivity index (χ0) is 23.8. The van der Waals surface area contributed by atoms with E-state index in [1.165, 1.54) is 6.08 Å². The molecule has 0 bridgehead atoms. The highest BCUT2D eigenvalue weighted by molar-refractivity contribution is 7.92. The molecule has 0 heterocycles. The first-order chi connectivity index (χ1) is 15.8. The van der Waals surface area contributed by atoms with Gasteiger partial charge < -0.3 is 14.9 Å². The van der Waals surface area contributed by atoms with Gasteiger partial charge in [-0.05, 0) is 35.1 Å². The summed E-state index contributed by atoms with van der Waals surface area (Å²) in [4.78, 5) is 22.2. The summed E-state index contributed by atoms with van der Waals surface area (Å²) in [5.41, 5.74) is 1.46. The molecule has 2 N–H and O–H groups in total. The van der Waals surface area contributed by atoms with Crippen LogP contribution in [0.2, 0.25) is 0 Å². The average Bonchev–Trinajstić information content (AvgIpc) is 2.79. The van der Waals surface area contributed by atoms with Gasteiger partial charge in [0, 0.05) is 17.3 Å². The van der Waals surface area contributed by atoms with Crippen molar-refractivity contribution in [3.05, 3.63) is 83.3 Å². The highest BCUT2D eigenvalue weighted by Crippen LogP contribution is 2.28. The molecule has 0 aliphatic rings. The molecule has 0 amide bonds. The van der Waals surface area contributed by atoms with Crippen molar-refractivity contribution in [2.45, 2.75) is 6.42 Å². The largest absolute Gasteiger partial charge is 0.481 e. The van der Waals surface area contributed by atoms with Crippen LogP contribution >= 0.6 is 0 Å². The first kappa shape index (κ1) is 24.0. The lowest BCUT2D eigenvalue weighted by Gasteiger charge is -2.19. The van der Waals surface area contributed by atoms with Crippen molar-refractivity contribution in [3.8, 4) is 5.75 Å². The van der Waals surface area contributed by atoms with E-state index in [0.29, 0.717) is 16.7 Å². The molecule has 33 heavy (non-hydrogen) atoms. The summed E-state index contributed by atoms with van der Waals surface area (Å²) in [7, 11) is -3.98. The minimum Gasteiger partial charge on any atom is -0.481 e. The van der Waals surface area contributed by atoms with Crippen molar-refractivity contribution >= 4 is 38.8 Å². The number of sulfonamides is 1. The van der Waals surface area contributed by atoms with Crippen molar-refractivity contribution in [1.29, 1.82) is 0 Å². The van der Waals surface area contributed by atoms with E-state index in [1.807, 2.05) is 18.2 Å². The fourth-order valence-electron chi connectivity index (χ4n) is 3.34. The molecule has 3 aromatic rings. The maximum Gasteiger partial charge on any atom is 0.341 e. The maximum absolute atomic E-state index is 12.8. The third-order valence-electron chi connectivity index (χ3n) is 4.86. The van der Waals surface area contributed by atoms with Gasteiger partial charge in [0.1, 0.15) is 12.3 Å². The molecule has 0 saturated heterocycles. The summed E-state index contributed by atoms with van der Waals surface area (Å²) in [6.07, 6.45) is 1.68. The molecule has 8 nitrogen and oxygen atoms in total. The fourth-order valence-corrected chi connectivity index (χ4v) is 4.47. The number of carboxylic acid groups (broad SMARTS) is 2. The van der Waals surface area contributed by atoms with E-state index in [1.54, 1.807) is 48.5 Å². The Morgan fingerprint density at radius 3 is 2.27 bits per heavy atom. The maximum atomic E-state index is 12.8. The summed E-state index contributed by atoms with van der Waals surface area (Å²) in [6, 6.07) is 19.4. The quantitative estimate of drug-likeness (QED) is 0.442. The van der Waals surface area contributed by atoms with Gasteiger partial charge in [-0.25, -0.2) is 13.2 Å². The second-order valence-corrected chi connectivity index (χ2v) is 9.00. The number of carboxylic acids is 2. The van der Waals surface area contributed by atoms with Crippen LogP contribution in [0.1, 0.15) is 11.1 Å². The van der Waals surface area contributed by atoms with Crippen LogP contribution < -0.4 is 4.74 Å². The molecule has 0 spiro atoms. The predicted octanol–water partition coefficient (Wildman–Crippen LogP) is 3.23. The molecule has 0 aliphatic carbocycles. The Kier molecular flexibility index (Phi) is 7.81. The van der Waals surface area contributed by atoms with Crippen molar-refractivity contribution in [2.24, 2.45) is 0 Å². The average molecular weight is 470 g/mol. The Bertz CT molecular complexity index is 1270. The van der Waals surface area contributed by atoms with Gasteiger partial charge in [-0.3, -0.25) is 4.79 Å². The molecular formula is C24H23NO7S. The zero-order valence-electron chi connectivity index (χ0n) is 17.6. The summed E-state index contributed by atoms with van der Waals surface area (Å²) in [5.74, 6) is -1.95. The van der Waals surface area contributed by atoms with Crippen LogP contribution in [0.15, 0.2) is 72.1 Å². The lowest BCUT2D eigenvalue weighted by Crippen LogP contribution is -2.36. The first-order valence-corrected chi connectivity index (χ1v) is 11.6. The standard InChI is InChI=1S/C24H23NO7S/c26-23(27)16-25(33(30,31)15-13-18-6-2-1-3-7-18)14-12-19-8-4-10-21-20(19)9-5-11-22(21)32-17-24(28)29/h1-11,13,15H,12,14,16-17H2,(H,26,27)(H,28,29)/b15-13+. The minimum absolute atomic E-state index is 0.0485. The monoisotopic (exact) mass is 469 g/mol. The number of benzene rings is 3. The highest BCUT2D eigenvalue weighted by Gasteiger charge is 2.22. The van der Waals surface area contributed by atoms with E-state index in [9.17, 15) is 23.1 Å². The molecule has 0 aliphatic heterocycles. The third kappa shape index (κ3) is 6.64. The number of rotatable bonds is 11. The Hall–Kier alpha value is -3.69. The van der Waals surface area contributed by atoms with Gasteiger partial charge in [-0.1, -0.05) is 60.7 Å². The van der Waals surface area contributed by atoms with Crippen molar-refractivity contribution < 1.29 is 33.0 Å². The molecule has 0 radical (unpaired) electrons. The molecule has 0 atom stereocenters. The number of nitrogens with zero attached hydrogens (tertiary/aromatic N) is 1.